The summed E-state index contributed by atoms with van der Waals surface area (Å²) in [4.78, 5) is 37.9. The van der Waals surface area contributed by atoms with E-state index in [4.69, 9.17) is 21.1 Å². The number of hydrogen-bond donors (Lipinski definition) is 2. The third kappa shape index (κ3) is 6.58. The molecule has 2 aromatic carbocycles. The Morgan fingerprint density at radius 1 is 1.06 bits per heavy atom. The number of methoxy groups -OCH3 is 1. The fraction of sp³-hybridized carbons (Fsp3) is 0.425. The Kier molecular flexibility index (Phi) is 10.4. The monoisotopic (exact) mass is 745 g/mol. The van der Waals surface area contributed by atoms with Gasteiger partial charge in [0.2, 0.25) is 12.1 Å². The van der Waals surface area contributed by atoms with Gasteiger partial charge < -0.3 is 24.7 Å². The van der Waals surface area contributed by atoms with Crippen molar-refractivity contribution in [2.24, 2.45) is 5.92 Å². The second kappa shape index (κ2) is 14.9. The number of nitrogens with one attached hydrogen (secondary N) is 2. The van der Waals surface area contributed by atoms with Crippen molar-refractivity contribution in [2.45, 2.75) is 90.4 Å². The number of thiophene rings is 1. The van der Waals surface area contributed by atoms with Gasteiger partial charge in [0, 0.05) is 27.4 Å². The van der Waals surface area contributed by atoms with E-state index in [1.54, 1.807) is 22.4 Å². The maximum Gasteiger partial charge on any atom is 0.407 e. The first-order valence-electron chi connectivity index (χ1n) is 18.3. The summed E-state index contributed by atoms with van der Waals surface area (Å²) in [6, 6.07) is 14.4. The topological polar surface area (TPSA) is 101 Å². The van der Waals surface area contributed by atoms with Crippen LogP contribution in [0.2, 0.25) is 5.02 Å². The fourth-order valence-electron chi connectivity index (χ4n) is 7.87. The number of benzene rings is 2. The van der Waals surface area contributed by atoms with Crippen LogP contribution in [0.15, 0.2) is 54.7 Å². The van der Waals surface area contributed by atoms with Crippen molar-refractivity contribution in [1.82, 2.24) is 24.8 Å². The number of ether oxygens (including phenoxy) is 2. The highest BCUT2D eigenvalue weighted by atomic mass is 35.5. The lowest BCUT2D eigenvalue weighted by atomic mass is 10.0. The summed E-state index contributed by atoms with van der Waals surface area (Å²) < 4.78 is 30.0. The number of alkyl carbamates (subject to hydrolysis) is 1. The predicted octanol–water partition coefficient (Wildman–Crippen LogP) is 10.2. The zero-order valence-corrected chi connectivity index (χ0v) is 31.7. The number of halogens is 2. The van der Waals surface area contributed by atoms with Crippen LogP contribution in [0.3, 0.4) is 0 Å². The summed E-state index contributed by atoms with van der Waals surface area (Å²) in [7, 11) is 1.28. The molecule has 1 aliphatic carbocycles. The first-order chi connectivity index (χ1) is 25.2. The molecule has 12 heteroatoms. The number of fused-ring (bicyclic) bond motifs is 5. The number of amides is 2. The van der Waals surface area contributed by atoms with Crippen molar-refractivity contribution in [3.63, 3.8) is 0 Å². The summed E-state index contributed by atoms with van der Waals surface area (Å²) in [6.45, 7) is 8.31. The first-order valence-corrected chi connectivity index (χ1v) is 19.5. The highest BCUT2D eigenvalue weighted by Crippen LogP contribution is 2.49. The fourth-order valence-corrected chi connectivity index (χ4v) is 9.25. The van der Waals surface area contributed by atoms with Crippen LogP contribution in [-0.2, 0) is 9.53 Å². The number of H-pyrrole nitrogens is 1. The van der Waals surface area contributed by atoms with Gasteiger partial charge in [-0.2, -0.15) is 0 Å². The minimum atomic E-state index is -0.735. The standard InChI is InChI=1S/C38H39ClFN5O4S.C2H6/c1-20(2)34(43-38(47)48-3)36(46)44-14-6-9-28(44)35-41-19-26(42-35)22-16-25(40)33-29-17-23-15-24(39)10-11-27(23)45(29)37(49-30(33)18-22)32-13-12-31(50-32)21-7-4-5-8-21;1-2/h10-13,15-21,28,34,37H,4-9,14H2,1-3H3,(H,41,42)(H,43,47);1-2H3/t28-,34-,37?;/m0./s1. The molecule has 2 N–H and O–H groups in total. The Balaban J connectivity index is 0.00000207. The van der Waals surface area contributed by atoms with Crippen LogP contribution in [0, 0.1) is 11.7 Å². The molecule has 0 bridgehead atoms. The SMILES string of the molecule is CC.COC(=O)N[C@H](C(=O)N1CCC[C@H]1c1ncc(-c2cc(F)c3c(c2)OC(c2ccc(C4CCCC4)s2)n2c-3cc3cc(Cl)ccc32)[nH]1)C(C)C. The number of likely N-dealkylation sites (tertiary alicyclic amines) is 1. The molecule has 274 valence electrons. The number of rotatable bonds is 7. The highest BCUT2D eigenvalue weighted by Gasteiger charge is 2.38. The van der Waals surface area contributed by atoms with Crippen LogP contribution in [0.1, 0.15) is 100.0 Å². The van der Waals surface area contributed by atoms with Crippen LogP contribution >= 0.6 is 22.9 Å². The van der Waals surface area contributed by atoms with E-state index in [-0.39, 0.29) is 17.9 Å². The Hall–Kier alpha value is -4.35. The van der Waals surface area contributed by atoms with E-state index in [1.807, 2.05) is 58.0 Å². The molecule has 3 aliphatic rings. The second-order valence-electron chi connectivity index (χ2n) is 13.9. The highest BCUT2D eigenvalue weighted by molar-refractivity contribution is 7.12. The number of imidazole rings is 1. The Morgan fingerprint density at radius 3 is 2.58 bits per heavy atom. The van der Waals surface area contributed by atoms with Gasteiger partial charge in [0.15, 0.2) is 0 Å². The van der Waals surface area contributed by atoms with E-state index in [0.717, 1.165) is 27.9 Å². The summed E-state index contributed by atoms with van der Waals surface area (Å²) in [6.07, 6.45) is 6.99. The minimum Gasteiger partial charge on any atom is -0.464 e. The zero-order chi connectivity index (χ0) is 36.7. The van der Waals surface area contributed by atoms with Gasteiger partial charge in [-0.15, -0.1) is 11.3 Å². The first kappa shape index (κ1) is 36.0. The van der Waals surface area contributed by atoms with E-state index in [9.17, 15) is 9.59 Å². The molecule has 5 heterocycles. The van der Waals surface area contributed by atoms with Crippen molar-refractivity contribution in [2.75, 3.05) is 13.7 Å². The quantitative estimate of drug-likeness (QED) is 0.173. The molecule has 0 spiro atoms. The lowest BCUT2D eigenvalue weighted by molar-refractivity contribution is -0.135. The van der Waals surface area contributed by atoms with E-state index in [0.29, 0.717) is 52.3 Å². The largest absolute Gasteiger partial charge is 0.464 e. The van der Waals surface area contributed by atoms with Crippen LogP contribution in [0.4, 0.5) is 9.18 Å². The predicted molar refractivity (Wildman–Crippen MR) is 203 cm³/mol. The van der Waals surface area contributed by atoms with E-state index in [2.05, 4.69) is 32.0 Å². The molecule has 2 amide bonds. The van der Waals surface area contributed by atoms with E-state index >= 15 is 4.39 Å². The maximum atomic E-state index is 16.4. The molecule has 1 saturated heterocycles. The molecule has 9 nitrogen and oxygen atoms in total. The van der Waals surface area contributed by atoms with Gasteiger partial charge >= 0.3 is 6.09 Å². The minimum absolute atomic E-state index is 0.142. The van der Waals surface area contributed by atoms with E-state index < -0.39 is 24.2 Å². The normalized spacial score (nSPS) is 18.8. The van der Waals surface area contributed by atoms with Crippen LogP contribution in [0.25, 0.3) is 33.4 Å². The number of nitrogens with zero attached hydrogens (tertiary/aromatic N) is 3. The molecule has 2 fully saturated rings. The second-order valence-corrected chi connectivity index (χ2v) is 15.4. The van der Waals surface area contributed by atoms with Gasteiger partial charge in [-0.25, -0.2) is 14.2 Å². The van der Waals surface area contributed by atoms with Crippen molar-refractivity contribution < 1.29 is 23.5 Å². The number of carbonyl (C=O) groups excluding carboxylic acids is 2. The molecule has 0 radical (unpaired) electrons. The Morgan fingerprint density at radius 2 is 1.83 bits per heavy atom. The average Bonchev–Trinajstić information content (AvgIpc) is 3.98. The van der Waals surface area contributed by atoms with Gasteiger partial charge in [-0.3, -0.25) is 9.36 Å². The summed E-state index contributed by atoms with van der Waals surface area (Å²) in [5.74, 6) is 0.895. The third-order valence-electron chi connectivity index (χ3n) is 10.4. The smallest absolute Gasteiger partial charge is 0.407 e. The molecule has 5 aromatic rings. The van der Waals surface area contributed by atoms with Gasteiger partial charge in [-0.05, 0) is 86.1 Å². The van der Waals surface area contributed by atoms with Gasteiger partial charge in [0.25, 0.3) is 0 Å². The van der Waals surface area contributed by atoms with Gasteiger partial charge in [-0.1, -0.05) is 52.1 Å². The molecular formula is C40H45ClFN5O4S. The van der Waals surface area contributed by atoms with Crippen LogP contribution in [-0.4, -0.2) is 51.1 Å². The lowest BCUT2D eigenvalue weighted by Crippen LogP contribution is -2.51. The molecule has 1 unspecified atom stereocenters. The zero-order valence-electron chi connectivity index (χ0n) is 30.2. The maximum absolute atomic E-state index is 16.4. The molecule has 3 atom stereocenters. The van der Waals surface area contributed by atoms with Gasteiger partial charge in [0.05, 0.1) is 46.7 Å². The summed E-state index contributed by atoms with van der Waals surface area (Å²) in [5.41, 5.74) is 3.27. The van der Waals surface area contributed by atoms with Crippen LogP contribution in [0.5, 0.6) is 5.75 Å². The molecule has 2 aliphatic heterocycles. The Bertz CT molecular complexity index is 2100. The molecule has 1 saturated carbocycles. The summed E-state index contributed by atoms with van der Waals surface area (Å²) in [5, 5.41) is 4.22. The number of carbonyl (C=O) groups is 2. The van der Waals surface area contributed by atoms with Crippen molar-refractivity contribution in [1.29, 1.82) is 0 Å². The van der Waals surface area contributed by atoms with Crippen molar-refractivity contribution in [3.8, 4) is 28.3 Å². The van der Waals surface area contributed by atoms with Crippen LogP contribution < -0.4 is 10.1 Å². The molecule has 52 heavy (non-hydrogen) atoms. The number of hydrogen-bond acceptors (Lipinski definition) is 6. The molecular weight excluding hydrogens is 701 g/mol. The van der Waals surface area contributed by atoms with Gasteiger partial charge in [0.1, 0.15) is 23.4 Å². The van der Waals surface area contributed by atoms with E-state index in [1.165, 1.54) is 43.7 Å². The molecule has 3 aromatic heterocycles. The number of aromatic nitrogens is 3. The molecule has 8 rings (SSSR count). The summed E-state index contributed by atoms with van der Waals surface area (Å²) >= 11 is 8.18. The average molecular weight is 746 g/mol. The number of aromatic amines is 1. The lowest BCUT2D eigenvalue weighted by Gasteiger charge is -2.30. The van der Waals surface area contributed by atoms with Crippen molar-refractivity contribution in [3.05, 3.63) is 81.1 Å². The Labute approximate surface area is 312 Å². The third-order valence-corrected chi connectivity index (χ3v) is 11.9. The van der Waals surface area contributed by atoms with Crippen molar-refractivity contribution >= 4 is 45.8 Å².